The van der Waals surface area contributed by atoms with E-state index in [9.17, 15) is 19.3 Å². The van der Waals surface area contributed by atoms with Gasteiger partial charge < -0.3 is 4.90 Å². The molecular formula is C23H20ClFN2O3. The Morgan fingerprint density at radius 1 is 1.40 bits per heavy atom. The Morgan fingerprint density at radius 3 is 2.93 bits per heavy atom. The number of benzene rings is 1. The summed E-state index contributed by atoms with van der Waals surface area (Å²) in [5, 5.41) is 11.2. The number of fused-ring (bicyclic) bond motifs is 1. The van der Waals surface area contributed by atoms with E-state index in [-0.39, 0.29) is 18.5 Å². The third-order valence-corrected chi connectivity index (χ3v) is 5.06. The molecule has 3 rings (SSSR count). The number of hydrogen-bond acceptors (Lipinski definition) is 3. The lowest BCUT2D eigenvalue weighted by Gasteiger charge is -2.28. The molecule has 0 aromatic heterocycles. The van der Waals surface area contributed by atoms with Crippen molar-refractivity contribution in [1.82, 2.24) is 4.90 Å². The Balaban J connectivity index is 2.03. The molecule has 1 heterocycles. The third-order valence-electron chi connectivity index (χ3n) is 4.80. The normalized spacial score (nSPS) is 19.3. The maximum atomic E-state index is 13.9. The van der Waals surface area contributed by atoms with E-state index in [1.54, 1.807) is 41.3 Å². The topological polar surface area (TPSA) is 63.5 Å². The molecule has 1 amide bonds. The van der Waals surface area contributed by atoms with Crippen LogP contribution >= 0.6 is 11.6 Å². The number of rotatable bonds is 6. The van der Waals surface area contributed by atoms with E-state index in [1.807, 2.05) is 19.1 Å². The van der Waals surface area contributed by atoms with Gasteiger partial charge in [-0.3, -0.25) is 14.9 Å². The molecule has 0 spiro atoms. The van der Waals surface area contributed by atoms with Crippen LogP contribution in [0.2, 0.25) is 0 Å². The molecule has 1 atom stereocenters. The average molecular weight is 427 g/mol. The highest BCUT2D eigenvalue weighted by atomic mass is 35.5. The van der Waals surface area contributed by atoms with Gasteiger partial charge in [0.15, 0.2) is 0 Å². The van der Waals surface area contributed by atoms with E-state index in [2.05, 4.69) is 0 Å². The average Bonchev–Trinajstić information content (AvgIpc) is 2.82. The van der Waals surface area contributed by atoms with Gasteiger partial charge >= 0.3 is 0 Å². The molecule has 1 aliphatic carbocycles. The lowest BCUT2D eigenvalue weighted by atomic mass is 9.95. The molecule has 1 aromatic carbocycles. The van der Waals surface area contributed by atoms with Gasteiger partial charge in [-0.15, -0.1) is 0 Å². The molecule has 2 aliphatic rings. The van der Waals surface area contributed by atoms with Crippen LogP contribution in [-0.2, 0) is 0 Å². The van der Waals surface area contributed by atoms with E-state index >= 15 is 0 Å². The van der Waals surface area contributed by atoms with Crippen LogP contribution in [0, 0.1) is 15.9 Å². The van der Waals surface area contributed by atoms with Gasteiger partial charge in [0, 0.05) is 23.2 Å². The molecule has 7 heteroatoms. The molecular weight excluding hydrogens is 407 g/mol. The van der Waals surface area contributed by atoms with Gasteiger partial charge in [-0.2, -0.15) is 0 Å². The smallest absolute Gasteiger partial charge is 0.255 e. The Morgan fingerprint density at radius 2 is 2.20 bits per heavy atom. The number of carbonyl (C=O) groups is 1. The zero-order valence-corrected chi connectivity index (χ0v) is 17.1. The van der Waals surface area contributed by atoms with Gasteiger partial charge in [0.1, 0.15) is 5.82 Å². The first-order valence-corrected chi connectivity index (χ1v) is 9.75. The summed E-state index contributed by atoms with van der Waals surface area (Å²) in [6.07, 6.45) is 15.3. The Bertz CT molecular complexity index is 1050. The predicted octanol–water partition coefficient (Wildman–Crippen LogP) is 5.62. The summed E-state index contributed by atoms with van der Waals surface area (Å²) in [6, 6.07) is 3.86. The Hall–Kier alpha value is -3.25. The predicted molar refractivity (Wildman–Crippen MR) is 115 cm³/mol. The minimum atomic E-state index is -0.551. The van der Waals surface area contributed by atoms with Crippen LogP contribution < -0.4 is 0 Å². The van der Waals surface area contributed by atoms with E-state index in [4.69, 9.17) is 11.6 Å². The van der Waals surface area contributed by atoms with Gasteiger partial charge in [-0.25, -0.2) is 4.39 Å². The zero-order chi connectivity index (χ0) is 21.7. The van der Waals surface area contributed by atoms with Crippen molar-refractivity contribution in [2.45, 2.75) is 19.4 Å². The summed E-state index contributed by atoms with van der Waals surface area (Å²) < 4.78 is 13.9. The Kier molecular flexibility index (Phi) is 6.79. The summed E-state index contributed by atoms with van der Waals surface area (Å²) in [7, 11) is 0. The number of carbonyl (C=O) groups excluding carboxylic acids is 1. The minimum Gasteiger partial charge on any atom is -0.323 e. The van der Waals surface area contributed by atoms with Gasteiger partial charge in [0.2, 0.25) is 6.20 Å². The van der Waals surface area contributed by atoms with Crippen molar-refractivity contribution in [3.63, 3.8) is 0 Å². The molecule has 154 valence electrons. The fraction of sp³-hybridized carbons (Fsp3) is 0.174. The molecule has 1 aromatic rings. The molecule has 0 fully saturated rings. The highest BCUT2D eigenvalue weighted by Crippen LogP contribution is 2.41. The Labute approximate surface area is 179 Å². The number of nitrogens with zero attached hydrogens (tertiary/aromatic N) is 2. The number of amides is 1. The lowest BCUT2D eigenvalue weighted by molar-refractivity contribution is -0.402. The first-order valence-electron chi connectivity index (χ1n) is 9.37. The number of nitro groups is 1. The van der Waals surface area contributed by atoms with Crippen LogP contribution in [0.25, 0.3) is 0 Å². The highest BCUT2D eigenvalue weighted by molar-refractivity contribution is 6.31. The van der Waals surface area contributed by atoms with Crippen LogP contribution in [-0.4, -0.2) is 22.3 Å². The van der Waals surface area contributed by atoms with Crippen LogP contribution in [0.3, 0.4) is 0 Å². The van der Waals surface area contributed by atoms with Crippen LogP contribution in [0.1, 0.15) is 35.3 Å². The van der Waals surface area contributed by atoms with Gasteiger partial charge in [0.05, 0.1) is 11.0 Å². The molecule has 30 heavy (non-hydrogen) atoms. The van der Waals surface area contributed by atoms with Crippen molar-refractivity contribution in [2.75, 3.05) is 6.54 Å². The highest BCUT2D eigenvalue weighted by Gasteiger charge is 2.38. The molecule has 0 N–H and O–H groups in total. The molecule has 0 saturated carbocycles. The standard InChI is InChI=1S/C23H20ClFN2O3/c1-2-5-16(6-4-13-27(29)30)15-26-22(17-7-3-8-18(24)10-9-17)20-12-11-19(25)14-21(20)23(26)28/h2-6,8-14,22H,7,15H2,1H3/b5-2-,13-4+,16-6+. The molecule has 0 saturated heterocycles. The quantitative estimate of drug-likeness (QED) is 0.336. The number of allylic oxidation sites excluding steroid dienone is 8. The van der Waals surface area contributed by atoms with E-state index < -0.39 is 10.7 Å². The van der Waals surface area contributed by atoms with Crippen molar-refractivity contribution in [1.29, 1.82) is 0 Å². The van der Waals surface area contributed by atoms with Crippen molar-refractivity contribution < 1.29 is 14.1 Å². The summed E-state index contributed by atoms with van der Waals surface area (Å²) in [5.41, 5.74) is 2.71. The second kappa shape index (κ2) is 9.50. The van der Waals surface area contributed by atoms with Gasteiger partial charge in [-0.05, 0) is 54.3 Å². The third kappa shape index (κ3) is 4.83. The van der Waals surface area contributed by atoms with Crippen molar-refractivity contribution in [3.8, 4) is 0 Å². The van der Waals surface area contributed by atoms with Crippen LogP contribution in [0.15, 0.2) is 89.2 Å². The summed E-state index contributed by atoms with van der Waals surface area (Å²) in [5.74, 6) is -0.758. The van der Waals surface area contributed by atoms with Crippen molar-refractivity contribution >= 4 is 17.5 Å². The molecule has 1 unspecified atom stereocenters. The number of halogens is 2. The molecule has 0 bridgehead atoms. The van der Waals surface area contributed by atoms with E-state index in [0.717, 1.165) is 17.3 Å². The maximum absolute atomic E-state index is 13.9. The summed E-state index contributed by atoms with van der Waals surface area (Å²) >= 11 is 6.11. The summed E-state index contributed by atoms with van der Waals surface area (Å²) in [6.45, 7) is 2.04. The SMILES string of the molecule is C\C=C/C(=C\C=C\[N+](=O)[O-])CN1C(=O)c2cc(F)ccc2C1C1=CC=C(Cl)C=CC1. The molecule has 5 nitrogen and oxygen atoms in total. The minimum absolute atomic E-state index is 0.213. The molecule has 0 radical (unpaired) electrons. The van der Waals surface area contributed by atoms with Crippen LogP contribution in [0.4, 0.5) is 4.39 Å². The first-order chi connectivity index (χ1) is 14.4. The lowest BCUT2D eigenvalue weighted by Crippen LogP contribution is -2.31. The molecule has 1 aliphatic heterocycles. The summed E-state index contributed by atoms with van der Waals surface area (Å²) in [4.78, 5) is 24.8. The zero-order valence-electron chi connectivity index (χ0n) is 16.3. The number of hydrogen-bond donors (Lipinski definition) is 0. The monoisotopic (exact) mass is 426 g/mol. The fourth-order valence-electron chi connectivity index (χ4n) is 3.58. The maximum Gasteiger partial charge on any atom is 0.255 e. The second-order valence-corrected chi connectivity index (χ2v) is 7.27. The van der Waals surface area contributed by atoms with Crippen molar-refractivity contribution in [3.05, 3.63) is 116 Å². The van der Waals surface area contributed by atoms with Crippen LogP contribution in [0.5, 0.6) is 0 Å². The second-order valence-electron chi connectivity index (χ2n) is 6.84. The van der Waals surface area contributed by atoms with Crippen molar-refractivity contribution in [2.24, 2.45) is 0 Å². The van der Waals surface area contributed by atoms with Gasteiger partial charge in [-0.1, -0.05) is 48.0 Å². The fourth-order valence-corrected chi connectivity index (χ4v) is 3.74. The van der Waals surface area contributed by atoms with E-state index in [1.165, 1.54) is 18.2 Å². The largest absolute Gasteiger partial charge is 0.323 e. The van der Waals surface area contributed by atoms with Gasteiger partial charge in [0.25, 0.3) is 5.91 Å². The first kappa shape index (κ1) is 21.5. The van der Waals surface area contributed by atoms with E-state index in [0.29, 0.717) is 22.6 Å².